The third kappa shape index (κ3) is 2.97. The quantitative estimate of drug-likeness (QED) is 0.907. The molecule has 21 heavy (non-hydrogen) atoms. The molecular weight excluding hydrogens is 272 g/mol. The predicted octanol–water partition coefficient (Wildman–Crippen LogP) is 3.98. The minimum atomic E-state index is -0.748. The Morgan fingerprint density at radius 3 is 2.33 bits per heavy atom. The van der Waals surface area contributed by atoms with Crippen LogP contribution in [0.15, 0.2) is 12.1 Å². The van der Waals surface area contributed by atoms with Gasteiger partial charge in [-0.25, -0.2) is 8.78 Å². The van der Waals surface area contributed by atoms with E-state index in [0.29, 0.717) is 17.7 Å². The van der Waals surface area contributed by atoms with Gasteiger partial charge in [-0.05, 0) is 38.8 Å². The van der Waals surface area contributed by atoms with Crippen LogP contribution in [0.3, 0.4) is 0 Å². The van der Waals surface area contributed by atoms with Crippen molar-refractivity contribution >= 4 is 0 Å². The Kier molecular flexibility index (Phi) is 4.99. The van der Waals surface area contributed by atoms with E-state index in [0.717, 1.165) is 0 Å². The lowest BCUT2D eigenvalue weighted by Crippen LogP contribution is -2.35. The molecule has 4 heteroatoms. The summed E-state index contributed by atoms with van der Waals surface area (Å²) in [7, 11) is 0. The van der Waals surface area contributed by atoms with Gasteiger partial charge in [-0.15, -0.1) is 0 Å². The van der Waals surface area contributed by atoms with Crippen molar-refractivity contribution in [1.82, 2.24) is 5.32 Å². The minimum absolute atomic E-state index is 0.0165. The van der Waals surface area contributed by atoms with Gasteiger partial charge < -0.3 is 10.1 Å². The minimum Gasteiger partial charge on any atom is -0.375 e. The maximum Gasteiger partial charge on any atom is 0.163 e. The molecule has 0 aliphatic carbocycles. The second kappa shape index (κ2) is 6.41. The molecule has 0 saturated carbocycles. The summed E-state index contributed by atoms with van der Waals surface area (Å²) < 4.78 is 34.2. The van der Waals surface area contributed by atoms with E-state index >= 15 is 0 Å². The van der Waals surface area contributed by atoms with Crippen molar-refractivity contribution < 1.29 is 13.5 Å². The lowest BCUT2D eigenvalue weighted by molar-refractivity contribution is 0.0474. The van der Waals surface area contributed by atoms with Gasteiger partial charge in [0.05, 0.1) is 12.2 Å². The second-order valence-electron chi connectivity index (χ2n) is 6.12. The summed E-state index contributed by atoms with van der Waals surface area (Å²) in [5, 5.41) is 3.32. The van der Waals surface area contributed by atoms with Crippen LogP contribution in [-0.2, 0) is 4.74 Å². The number of hydrogen-bond donors (Lipinski definition) is 1. The zero-order chi connectivity index (χ0) is 15.7. The normalized spacial score (nSPS) is 30.6. The molecule has 0 aromatic heterocycles. The van der Waals surface area contributed by atoms with Crippen molar-refractivity contribution in [2.45, 2.75) is 52.9 Å². The average Bonchev–Trinajstić information content (AvgIpc) is 2.68. The summed E-state index contributed by atoms with van der Waals surface area (Å²) >= 11 is 0. The molecule has 0 bridgehead atoms. The van der Waals surface area contributed by atoms with Crippen LogP contribution < -0.4 is 5.32 Å². The van der Waals surface area contributed by atoms with E-state index in [4.69, 9.17) is 4.74 Å². The Labute approximate surface area is 125 Å². The van der Waals surface area contributed by atoms with E-state index < -0.39 is 11.6 Å². The molecule has 0 spiro atoms. The second-order valence-corrected chi connectivity index (χ2v) is 6.12. The lowest BCUT2D eigenvalue weighted by atomic mass is 9.80. The monoisotopic (exact) mass is 297 g/mol. The van der Waals surface area contributed by atoms with E-state index in [1.54, 1.807) is 19.1 Å². The molecule has 0 radical (unpaired) electrons. The van der Waals surface area contributed by atoms with E-state index in [-0.39, 0.29) is 30.1 Å². The van der Waals surface area contributed by atoms with Gasteiger partial charge in [0.25, 0.3) is 0 Å². The fourth-order valence-electron chi connectivity index (χ4n) is 3.44. The summed E-state index contributed by atoms with van der Waals surface area (Å²) in [5.74, 6) is -1.08. The Hall–Kier alpha value is -1.00. The highest BCUT2D eigenvalue weighted by Gasteiger charge is 2.42. The van der Waals surface area contributed by atoms with Crippen molar-refractivity contribution in [3.63, 3.8) is 0 Å². The highest BCUT2D eigenvalue weighted by molar-refractivity contribution is 5.29. The maximum absolute atomic E-state index is 14.4. The maximum atomic E-state index is 14.4. The van der Waals surface area contributed by atoms with Crippen LogP contribution in [0, 0.1) is 30.4 Å². The smallest absolute Gasteiger partial charge is 0.163 e. The van der Waals surface area contributed by atoms with Crippen LogP contribution >= 0.6 is 0 Å². The molecule has 0 amide bonds. The lowest BCUT2D eigenvalue weighted by Gasteiger charge is -2.30. The number of halogens is 2. The summed E-state index contributed by atoms with van der Waals surface area (Å²) in [6.07, 6.45) is 0.146. The number of ether oxygens (including phenoxy) is 1. The average molecular weight is 297 g/mol. The molecule has 1 fully saturated rings. The van der Waals surface area contributed by atoms with Gasteiger partial charge in [-0.1, -0.05) is 26.0 Å². The number of hydrogen-bond acceptors (Lipinski definition) is 2. The Bertz CT molecular complexity index is 506. The molecule has 1 saturated heterocycles. The Morgan fingerprint density at radius 1 is 1.14 bits per heavy atom. The molecule has 1 aliphatic rings. The van der Waals surface area contributed by atoms with Gasteiger partial charge >= 0.3 is 0 Å². The standard InChI is InChI=1S/C17H25F2NO/c1-6-20-17(14-10(3)11(4)21-12(14)5)13-8-7-9(2)15(18)16(13)19/h7-8,10-12,14,17,20H,6H2,1-5H3. The van der Waals surface area contributed by atoms with Crippen molar-refractivity contribution in [1.29, 1.82) is 0 Å². The molecule has 5 unspecified atom stereocenters. The first-order valence-electron chi connectivity index (χ1n) is 7.71. The number of aryl methyl sites for hydroxylation is 1. The van der Waals surface area contributed by atoms with Crippen molar-refractivity contribution in [2.75, 3.05) is 6.54 Å². The van der Waals surface area contributed by atoms with Gasteiger partial charge in [0.2, 0.25) is 0 Å². The number of benzene rings is 1. The summed E-state index contributed by atoms with van der Waals surface area (Å²) in [4.78, 5) is 0. The summed E-state index contributed by atoms with van der Waals surface area (Å²) in [6.45, 7) is 10.4. The van der Waals surface area contributed by atoms with Gasteiger partial charge in [0.15, 0.2) is 11.6 Å². The summed E-state index contributed by atoms with van der Waals surface area (Å²) in [6, 6.07) is 3.11. The van der Waals surface area contributed by atoms with Crippen molar-refractivity contribution in [2.24, 2.45) is 11.8 Å². The molecule has 2 nitrogen and oxygen atoms in total. The Balaban J connectivity index is 2.42. The van der Waals surface area contributed by atoms with Gasteiger partial charge in [-0.3, -0.25) is 0 Å². The van der Waals surface area contributed by atoms with Crippen LogP contribution in [0.2, 0.25) is 0 Å². The zero-order valence-electron chi connectivity index (χ0n) is 13.4. The van der Waals surface area contributed by atoms with Crippen molar-refractivity contribution in [3.8, 4) is 0 Å². The fourth-order valence-corrected chi connectivity index (χ4v) is 3.44. The first-order valence-corrected chi connectivity index (χ1v) is 7.71. The van der Waals surface area contributed by atoms with Crippen LogP contribution in [0.25, 0.3) is 0 Å². The number of rotatable bonds is 4. The van der Waals surface area contributed by atoms with Crippen molar-refractivity contribution in [3.05, 3.63) is 34.9 Å². The molecule has 1 aliphatic heterocycles. The van der Waals surface area contributed by atoms with Gasteiger partial charge in [-0.2, -0.15) is 0 Å². The highest BCUT2D eigenvalue weighted by atomic mass is 19.2. The van der Waals surface area contributed by atoms with Crippen LogP contribution in [0.5, 0.6) is 0 Å². The molecule has 1 heterocycles. The van der Waals surface area contributed by atoms with Crippen LogP contribution in [-0.4, -0.2) is 18.8 Å². The first kappa shape index (κ1) is 16.4. The topological polar surface area (TPSA) is 21.3 Å². The fraction of sp³-hybridized carbons (Fsp3) is 0.647. The largest absolute Gasteiger partial charge is 0.375 e. The van der Waals surface area contributed by atoms with E-state index in [1.165, 1.54) is 0 Å². The van der Waals surface area contributed by atoms with Crippen LogP contribution in [0.1, 0.15) is 44.9 Å². The van der Waals surface area contributed by atoms with E-state index in [2.05, 4.69) is 12.2 Å². The summed E-state index contributed by atoms with van der Waals surface area (Å²) in [5.41, 5.74) is 0.741. The third-order valence-electron chi connectivity index (χ3n) is 4.77. The SMILES string of the molecule is CCNC(c1ccc(C)c(F)c1F)C1C(C)OC(C)C1C. The molecule has 118 valence electrons. The molecule has 1 N–H and O–H groups in total. The van der Waals surface area contributed by atoms with E-state index in [1.807, 2.05) is 20.8 Å². The predicted molar refractivity (Wildman–Crippen MR) is 80.2 cm³/mol. The molecular formula is C17H25F2NO. The molecule has 5 atom stereocenters. The zero-order valence-corrected chi connectivity index (χ0v) is 13.4. The molecule has 1 aromatic carbocycles. The van der Waals surface area contributed by atoms with E-state index in [9.17, 15) is 8.78 Å². The third-order valence-corrected chi connectivity index (χ3v) is 4.77. The molecule has 1 aromatic rings. The number of nitrogens with one attached hydrogen (secondary N) is 1. The van der Waals surface area contributed by atoms with Crippen LogP contribution in [0.4, 0.5) is 8.78 Å². The highest BCUT2D eigenvalue weighted by Crippen LogP contribution is 2.41. The van der Waals surface area contributed by atoms with Gasteiger partial charge in [0, 0.05) is 17.5 Å². The first-order chi connectivity index (χ1) is 9.88. The Morgan fingerprint density at radius 2 is 1.81 bits per heavy atom. The van der Waals surface area contributed by atoms with Gasteiger partial charge in [0.1, 0.15) is 0 Å². The molecule has 2 rings (SSSR count).